The monoisotopic (exact) mass is 273 g/mol. The molecular formula is C16H19NO3. The number of amides is 2. The van der Waals surface area contributed by atoms with Gasteiger partial charge in [-0.3, -0.25) is 4.79 Å². The van der Waals surface area contributed by atoms with Crippen molar-refractivity contribution < 1.29 is 14.7 Å². The maximum absolute atomic E-state index is 11.8. The molecule has 0 radical (unpaired) electrons. The molecule has 2 amide bonds. The van der Waals surface area contributed by atoms with Crippen LogP contribution in [0.15, 0.2) is 30.3 Å². The second-order valence-corrected chi connectivity index (χ2v) is 6.12. The van der Waals surface area contributed by atoms with Crippen molar-refractivity contribution in [1.82, 2.24) is 4.90 Å². The standard InChI is InChI=1S/C16H19NO3/c18-14-10-16(11-17(14)15(19)20)8-6-13(7-9-16)12-4-2-1-3-5-12/h1-5,13H,6-11H2,(H,19,20). The van der Waals surface area contributed by atoms with Gasteiger partial charge in [-0.2, -0.15) is 0 Å². The first-order valence-corrected chi connectivity index (χ1v) is 7.18. The van der Waals surface area contributed by atoms with Gasteiger partial charge in [0.05, 0.1) is 0 Å². The summed E-state index contributed by atoms with van der Waals surface area (Å²) in [5.41, 5.74) is 1.27. The van der Waals surface area contributed by atoms with Gasteiger partial charge < -0.3 is 5.11 Å². The van der Waals surface area contributed by atoms with E-state index >= 15 is 0 Å². The second-order valence-electron chi connectivity index (χ2n) is 6.12. The Bertz CT molecular complexity index is 518. The number of nitrogens with zero attached hydrogens (tertiary/aromatic N) is 1. The minimum atomic E-state index is -1.10. The summed E-state index contributed by atoms with van der Waals surface area (Å²) in [5.74, 6) is 0.325. The van der Waals surface area contributed by atoms with E-state index in [1.807, 2.05) is 6.07 Å². The largest absolute Gasteiger partial charge is 0.465 e. The third-order valence-electron chi connectivity index (χ3n) is 4.87. The molecule has 1 aliphatic heterocycles. The number of rotatable bonds is 1. The summed E-state index contributed by atoms with van der Waals surface area (Å²) in [6.07, 6.45) is 3.29. The van der Waals surface area contributed by atoms with Gasteiger partial charge in [-0.05, 0) is 42.6 Å². The Balaban J connectivity index is 1.67. The van der Waals surface area contributed by atoms with Crippen LogP contribution in [0.4, 0.5) is 4.79 Å². The van der Waals surface area contributed by atoms with Crippen molar-refractivity contribution in [2.45, 2.75) is 38.0 Å². The van der Waals surface area contributed by atoms with E-state index in [2.05, 4.69) is 24.3 Å². The maximum atomic E-state index is 11.8. The van der Waals surface area contributed by atoms with E-state index in [0.717, 1.165) is 30.6 Å². The first-order valence-electron chi connectivity index (χ1n) is 7.18. The van der Waals surface area contributed by atoms with E-state index in [1.165, 1.54) is 5.56 Å². The van der Waals surface area contributed by atoms with Crippen LogP contribution in [0.1, 0.15) is 43.6 Å². The summed E-state index contributed by atoms with van der Waals surface area (Å²) < 4.78 is 0. The number of carboxylic acid groups (broad SMARTS) is 1. The van der Waals surface area contributed by atoms with Crippen molar-refractivity contribution in [2.75, 3.05) is 6.54 Å². The Morgan fingerprint density at radius 2 is 1.85 bits per heavy atom. The van der Waals surface area contributed by atoms with Gasteiger partial charge >= 0.3 is 6.09 Å². The first-order chi connectivity index (χ1) is 9.60. The van der Waals surface area contributed by atoms with Gasteiger partial charge in [0.1, 0.15) is 0 Å². The number of hydrogen-bond acceptors (Lipinski definition) is 2. The number of carbonyl (C=O) groups is 2. The third kappa shape index (κ3) is 2.30. The SMILES string of the molecule is O=C(O)N1CC2(CCC(c3ccccc3)CC2)CC1=O. The zero-order valence-corrected chi connectivity index (χ0v) is 11.4. The number of likely N-dealkylation sites (tertiary alicyclic amines) is 1. The molecule has 1 saturated heterocycles. The van der Waals surface area contributed by atoms with Crippen LogP contribution in [0.2, 0.25) is 0 Å². The Hall–Kier alpha value is -1.84. The van der Waals surface area contributed by atoms with Gasteiger partial charge in [0.15, 0.2) is 0 Å². The van der Waals surface area contributed by atoms with E-state index in [-0.39, 0.29) is 11.3 Å². The fourth-order valence-electron chi connectivity index (χ4n) is 3.69. The van der Waals surface area contributed by atoms with Crippen molar-refractivity contribution in [2.24, 2.45) is 5.41 Å². The molecule has 1 aliphatic carbocycles. The number of benzene rings is 1. The van der Waals surface area contributed by atoms with Crippen LogP contribution in [-0.2, 0) is 4.79 Å². The molecule has 4 nitrogen and oxygen atoms in total. The van der Waals surface area contributed by atoms with Gasteiger partial charge in [-0.1, -0.05) is 30.3 Å². The van der Waals surface area contributed by atoms with Gasteiger partial charge in [0.25, 0.3) is 0 Å². The van der Waals surface area contributed by atoms with Crippen LogP contribution in [0, 0.1) is 5.41 Å². The number of imide groups is 1. The number of hydrogen-bond donors (Lipinski definition) is 1. The highest BCUT2D eigenvalue weighted by molar-refractivity contribution is 5.93. The molecule has 1 N–H and O–H groups in total. The minimum Gasteiger partial charge on any atom is -0.465 e. The zero-order chi connectivity index (χ0) is 14.2. The molecule has 2 aliphatic rings. The molecule has 2 fully saturated rings. The molecule has 1 spiro atoms. The van der Waals surface area contributed by atoms with Crippen LogP contribution in [0.25, 0.3) is 0 Å². The van der Waals surface area contributed by atoms with Crippen LogP contribution in [0.5, 0.6) is 0 Å². The van der Waals surface area contributed by atoms with Gasteiger partial charge in [-0.15, -0.1) is 0 Å². The lowest BCUT2D eigenvalue weighted by atomic mass is 9.68. The Morgan fingerprint density at radius 1 is 1.20 bits per heavy atom. The molecule has 1 heterocycles. The van der Waals surface area contributed by atoms with Crippen LogP contribution in [0.3, 0.4) is 0 Å². The summed E-state index contributed by atoms with van der Waals surface area (Å²) in [7, 11) is 0. The topological polar surface area (TPSA) is 57.6 Å². The molecule has 0 bridgehead atoms. The van der Waals surface area contributed by atoms with Crippen molar-refractivity contribution in [3.05, 3.63) is 35.9 Å². The Kier molecular flexibility index (Phi) is 3.24. The molecular weight excluding hydrogens is 254 g/mol. The van der Waals surface area contributed by atoms with Crippen LogP contribution in [-0.4, -0.2) is 28.6 Å². The number of carbonyl (C=O) groups excluding carboxylic acids is 1. The van der Waals surface area contributed by atoms with Crippen molar-refractivity contribution >= 4 is 12.0 Å². The zero-order valence-electron chi connectivity index (χ0n) is 11.4. The smallest absolute Gasteiger partial charge is 0.414 e. The molecule has 3 rings (SSSR count). The quantitative estimate of drug-likeness (QED) is 0.854. The van der Waals surface area contributed by atoms with E-state index in [4.69, 9.17) is 5.11 Å². The average Bonchev–Trinajstić information content (AvgIpc) is 2.78. The molecule has 1 aromatic carbocycles. The molecule has 20 heavy (non-hydrogen) atoms. The fourth-order valence-corrected chi connectivity index (χ4v) is 3.69. The van der Waals surface area contributed by atoms with E-state index in [9.17, 15) is 9.59 Å². The normalized spacial score (nSPS) is 29.9. The van der Waals surface area contributed by atoms with E-state index in [0.29, 0.717) is 18.9 Å². The van der Waals surface area contributed by atoms with Gasteiger partial charge in [0.2, 0.25) is 5.91 Å². The molecule has 1 saturated carbocycles. The molecule has 106 valence electrons. The minimum absolute atomic E-state index is 0.0965. The Morgan fingerprint density at radius 3 is 2.40 bits per heavy atom. The highest BCUT2D eigenvalue weighted by atomic mass is 16.4. The molecule has 4 heteroatoms. The predicted octanol–water partition coefficient (Wildman–Crippen LogP) is 3.24. The van der Waals surface area contributed by atoms with E-state index in [1.54, 1.807) is 0 Å². The van der Waals surface area contributed by atoms with Gasteiger partial charge in [0, 0.05) is 13.0 Å². The van der Waals surface area contributed by atoms with Gasteiger partial charge in [-0.25, -0.2) is 9.69 Å². The van der Waals surface area contributed by atoms with Crippen molar-refractivity contribution in [3.8, 4) is 0 Å². The summed E-state index contributed by atoms with van der Waals surface area (Å²) >= 11 is 0. The Labute approximate surface area is 118 Å². The first kappa shape index (κ1) is 13.2. The van der Waals surface area contributed by atoms with E-state index < -0.39 is 6.09 Å². The molecule has 0 aromatic heterocycles. The summed E-state index contributed by atoms with van der Waals surface area (Å²) in [6.45, 7) is 0.392. The molecule has 1 aromatic rings. The fraction of sp³-hybridized carbons (Fsp3) is 0.500. The lowest BCUT2D eigenvalue weighted by Crippen LogP contribution is -2.34. The third-order valence-corrected chi connectivity index (χ3v) is 4.87. The van der Waals surface area contributed by atoms with Crippen LogP contribution >= 0.6 is 0 Å². The summed E-state index contributed by atoms with van der Waals surface area (Å²) in [4.78, 5) is 23.8. The summed E-state index contributed by atoms with van der Waals surface area (Å²) in [6, 6.07) is 10.5. The molecule has 0 unspecified atom stereocenters. The highest BCUT2D eigenvalue weighted by Crippen LogP contribution is 2.48. The highest BCUT2D eigenvalue weighted by Gasteiger charge is 2.47. The van der Waals surface area contributed by atoms with Crippen molar-refractivity contribution in [1.29, 1.82) is 0 Å². The second kappa shape index (κ2) is 4.93. The van der Waals surface area contributed by atoms with Crippen LogP contribution < -0.4 is 0 Å². The predicted molar refractivity (Wildman–Crippen MR) is 74.4 cm³/mol. The molecule has 0 atom stereocenters. The average molecular weight is 273 g/mol. The van der Waals surface area contributed by atoms with Crippen molar-refractivity contribution in [3.63, 3.8) is 0 Å². The lowest BCUT2D eigenvalue weighted by Gasteiger charge is -2.36. The summed E-state index contributed by atoms with van der Waals surface area (Å²) in [5, 5.41) is 9.03. The lowest BCUT2D eigenvalue weighted by molar-refractivity contribution is -0.126. The maximum Gasteiger partial charge on any atom is 0.414 e.